The summed E-state index contributed by atoms with van der Waals surface area (Å²) in [5.74, 6) is -0.205. The van der Waals surface area contributed by atoms with Crippen molar-refractivity contribution in [2.24, 2.45) is 4.99 Å². The average molecular weight is 180 g/mol. The summed E-state index contributed by atoms with van der Waals surface area (Å²) in [7, 11) is -4.52. The third-order valence-corrected chi connectivity index (χ3v) is 1.38. The Balaban J connectivity index is 2.72. The van der Waals surface area contributed by atoms with E-state index in [4.69, 9.17) is 0 Å². The fourth-order valence-corrected chi connectivity index (χ4v) is 0.829. The molecule has 1 unspecified atom stereocenters. The molecule has 0 aromatic rings. The zero-order chi connectivity index (χ0) is 8.32. The van der Waals surface area contributed by atoms with Crippen molar-refractivity contribution in [3.05, 3.63) is 12.1 Å². The van der Waals surface area contributed by atoms with Crippen LogP contribution in [-0.4, -0.2) is 6.08 Å². The summed E-state index contributed by atoms with van der Waals surface area (Å²) in [5, 5.41) is 0. The van der Waals surface area contributed by atoms with Gasteiger partial charge in [-0.05, 0) is 0 Å². The van der Waals surface area contributed by atoms with Crippen LogP contribution in [0.3, 0.4) is 0 Å². The standard InChI is InChI=1S/C3H2FN2O4P/c4-11(8)9-1-3(5-2-7)6-10-11/h1,6H. The molecule has 0 aliphatic carbocycles. The van der Waals surface area contributed by atoms with Gasteiger partial charge in [-0.3, -0.25) is 0 Å². The smallest absolute Gasteiger partial charge is 0.404 e. The van der Waals surface area contributed by atoms with Crippen molar-refractivity contribution < 1.29 is 22.7 Å². The predicted octanol–water partition coefficient (Wildman–Crippen LogP) is 0.750. The number of rotatable bonds is 1. The van der Waals surface area contributed by atoms with E-state index in [1.54, 1.807) is 5.48 Å². The first-order valence-corrected chi connectivity index (χ1v) is 3.78. The number of isocyanates is 1. The maximum absolute atomic E-state index is 12.1. The van der Waals surface area contributed by atoms with Crippen molar-refractivity contribution in [3.8, 4) is 0 Å². The van der Waals surface area contributed by atoms with E-state index in [1.807, 2.05) is 0 Å². The molecule has 1 rings (SSSR count). The lowest BCUT2D eigenvalue weighted by Crippen LogP contribution is -2.14. The molecule has 0 spiro atoms. The zero-order valence-corrected chi connectivity index (χ0v) is 5.88. The van der Waals surface area contributed by atoms with Gasteiger partial charge >= 0.3 is 7.91 Å². The number of aliphatic imine (C=N–C) groups is 1. The van der Waals surface area contributed by atoms with Crippen LogP contribution < -0.4 is 5.48 Å². The SMILES string of the molecule is O=C=NC1=COP(=O)(F)ON1. The van der Waals surface area contributed by atoms with E-state index in [9.17, 15) is 13.6 Å². The van der Waals surface area contributed by atoms with Crippen LogP contribution in [0.25, 0.3) is 0 Å². The third-order valence-electron chi connectivity index (χ3n) is 0.716. The highest BCUT2D eigenvalue weighted by Gasteiger charge is 2.29. The van der Waals surface area contributed by atoms with Crippen LogP contribution in [0.5, 0.6) is 0 Å². The van der Waals surface area contributed by atoms with Gasteiger partial charge in [-0.1, -0.05) is 0 Å². The molecular weight excluding hydrogens is 178 g/mol. The quantitative estimate of drug-likeness (QED) is 0.366. The first kappa shape index (κ1) is 7.94. The van der Waals surface area contributed by atoms with Crippen LogP contribution in [0.1, 0.15) is 0 Å². The summed E-state index contributed by atoms with van der Waals surface area (Å²) in [6.45, 7) is 0. The van der Waals surface area contributed by atoms with Crippen molar-refractivity contribution in [2.45, 2.75) is 0 Å². The molecule has 0 radical (unpaired) electrons. The van der Waals surface area contributed by atoms with Gasteiger partial charge in [0, 0.05) is 0 Å². The van der Waals surface area contributed by atoms with E-state index < -0.39 is 7.91 Å². The lowest BCUT2D eigenvalue weighted by atomic mass is 10.8. The van der Waals surface area contributed by atoms with Crippen LogP contribution in [-0.2, 0) is 18.5 Å². The summed E-state index contributed by atoms with van der Waals surface area (Å²) < 4.78 is 30.1. The minimum absolute atomic E-state index is 0.205. The number of carbonyl (C=O) groups excluding carboxylic acids is 1. The average Bonchev–Trinajstić information content (AvgIpc) is 1.94. The molecular formula is C3H2FN2O4P. The number of hydrogen-bond donors (Lipinski definition) is 1. The molecule has 0 fully saturated rings. The van der Waals surface area contributed by atoms with E-state index in [0.29, 0.717) is 6.26 Å². The van der Waals surface area contributed by atoms with Gasteiger partial charge in [-0.15, -0.1) is 9.19 Å². The summed E-state index contributed by atoms with van der Waals surface area (Å²) in [5.41, 5.74) is 1.78. The highest BCUT2D eigenvalue weighted by atomic mass is 31.2. The Hall–Kier alpha value is -1.16. The van der Waals surface area contributed by atoms with Crippen molar-refractivity contribution in [1.82, 2.24) is 5.48 Å². The van der Waals surface area contributed by atoms with Crippen LogP contribution in [0.15, 0.2) is 17.1 Å². The van der Waals surface area contributed by atoms with E-state index in [-0.39, 0.29) is 5.82 Å². The summed E-state index contributed by atoms with van der Waals surface area (Å²) in [6, 6.07) is 0. The number of nitrogens with one attached hydrogen (secondary N) is 1. The van der Waals surface area contributed by atoms with Crippen LogP contribution in [0.2, 0.25) is 0 Å². The van der Waals surface area contributed by atoms with Crippen molar-refractivity contribution in [1.29, 1.82) is 0 Å². The molecule has 11 heavy (non-hydrogen) atoms. The Morgan fingerprint density at radius 3 is 3.00 bits per heavy atom. The molecule has 0 amide bonds. The van der Waals surface area contributed by atoms with E-state index in [2.05, 4.69) is 14.1 Å². The van der Waals surface area contributed by atoms with Gasteiger partial charge in [0.05, 0.1) is 0 Å². The highest BCUT2D eigenvalue weighted by molar-refractivity contribution is 7.48. The Bertz CT molecular complexity index is 283. The summed E-state index contributed by atoms with van der Waals surface area (Å²) in [6.07, 6.45) is 1.80. The molecule has 0 bridgehead atoms. The topological polar surface area (TPSA) is 77.0 Å². The predicted molar refractivity (Wildman–Crippen MR) is 30.2 cm³/mol. The van der Waals surface area contributed by atoms with Crippen LogP contribution in [0, 0.1) is 0 Å². The monoisotopic (exact) mass is 180 g/mol. The minimum atomic E-state index is -4.52. The molecule has 1 N–H and O–H groups in total. The zero-order valence-electron chi connectivity index (χ0n) is 4.98. The minimum Gasteiger partial charge on any atom is -0.404 e. The molecule has 1 aliphatic rings. The van der Waals surface area contributed by atoms with Crippen LogP contribution >= 0.6 is 7.91 Å². The fraction of sp³-hybridized carbons (Fsp3) is 0. The van der Waals surface area contributed by atoms with Gasteiger partial charge in [-0.2, -0.15) is 4.62 Å². The molecule has 1 atom stereocenters. The first-order valence-electron chi connectivity index (χ1n) is 2.35. The number of halogens is 1. The number of hydrogen-bond acceptors (Lipinski definition) is 6. The van der Waals surface area contributed by atoms with Crippen LogP contribution in [0.4, 0.5) is 4.20 Å². The van der Waals surface area contributed by atoms with Gasteiger partial charge in [0.1, 0.15) is 6.26 Å². The number of nitrogens with zero attached hydrogens (tertiary/aromatic N) is 1. The maximum Gasteiger partial charge on any atom is 0.591 e. The molecule has 0 saturated carbocycles. The summed E-state index contributed by atoms with van der Waals surface area (Å²) >= 11 is 0. The second-order valence-electron chi connectivity index (χ2n) is 1.44. The second-order valence-corrected chi connectivity index (χ2v) is 2.69. The Kier molecular flexibility index (Phi) is 2.05. The molecule has 0 saturated heterocycles. The van der Waals surface area contributed by atoms with Gasteiger partial charge in [0.15, 0.2) is 5.82 Å². The van der Waals surface area contributed by atoms with E-state index in [1.165, 1.54) is 0 Å². The highest BCUT2D eigenvalue weighted by Crippen LogP contribution is 2.51. The number of hydroxylamine groups is 1. The van der Waals surface area contributed by atoms with Gasteiger partial charge < -0.3 is 4.52 Å². The van der Waals surface area contributed by atoms with Gasteiger partial charge in [0.2, 0.25) is 6.08 Å². The van der Waals surface area contributed by atoms with Crippen molar-refractivity contribution >= 4 is 14.0 Å². The lowest BCUT2D eigenvalue weighted by molar-refractivity contribution is 0.136. The largest absolute Gasteiger partial charge is 0.591 e. The molecule has 0 aromatic heterocycles. The van der Waals surface area contributed by atoms with E-state index in [0.717, 1.165) is 6.08 Å². The molecule has 60 valence electrons. The fourth-order valence-electron chi connectivity index (χ4n) is 0.358. The lowest BCUT2D eigenvalue weighted by Gasteiger charge is -2.13. The maximum atomic E-state index is 12.1. The van der Waals surface area contributed by atoms with E-state index >= 15 is 0 Å². The first-order chi connectivity index (χ1) is 5.14. The van der Waals surface area contributed by atoms with Crippen molar-refractivity contribution in [2.75, 3.05) is 0 Å². The normalized spacial score (nSPS) is 29.0. The molecule has 0 aromatic carbocycles. The Morgan fingerprint density at radius 2 is 2.55 bits per heavy atom. The third kappa shape index (κ3) is 2.16. The van der Waals surface area contributed by atoms with Crippen molar-refractivity contribution in [3.63, 3.8) is 0 Å². The van der Waals surface area contributed by atoms with Gasteiger partial charge in [0.25, 0.3) is 0 Å². The second kappa shape index (κ2) is 2.84. The molecule has 1 aliphatic heterocycles. The Morgan fingerprint density at radius 1 is 1.82 bits per heavy atom. The molecule has 1 heterocycles. The van der Waals surface area contributed by atoms with Gasteiger partial charge in [-0.25, -0.2) is 14.8 Å². The Labute approximate surface area is 60.3 Å². The molecule has 8 heteroatoms. The molecule has 6 nitrogen and oxygen atoms in total. The summed E-state index contributed by atoms with van der Waals surface area (Å²) in [4.78, 5) is 12.5.